The number of benzene rings is 2. The molecule has 0 saturated carbocycles. The summed E-state index contributed by atoms with van der Waals surface area (Å²) in [6, 6.07) is 17.6. The highest BCUT2D eigenvalue weighted by Crippen LogP contribution is 2.38. The first kappa shape index (κ1) is 23.3. The summed E-state index contributed by atoms with van der Waals surface area (Å²) >= 11 is 0. The highest BCUT2D eigenvalue weighted by molar-refractivity contribution is 5.95. The number of carbonyl (C=O) groups excluding carboxylic acids is 1. The number of aromatic amines is 1. The number of carbonyl (C=O) groups is 1. The monoisotopic (exact) mass is 500 g/mol. The molecule has 2 fully saturated rings. The van der Waals surface area contributed by atoms with Crippen molar-refractivity contribution in [1.29, 1.82) is 0 Å². The van der Waals surface area contributed by atoms with Gasteiger partial charge in [0.1, 0.15) is 11.4 Å². The van der Waals surface area contributed by atoms with Crippen LogP contribution in [0, 0.1) is 0 Å². The minimum Gasteiger partial charge on any atom is -0.495 e. The van der Waals surface area contributed by atoms with E-state index in [1.807, 2.05) is 41.6 Å². The molecule has 2 aliphatic heterocycles. The lowest BCUT2D eigenvalue weighted by Gasteiger charge is -2.27. The van der Waals surface area contributed by atoms with Crippen LogP contribution in [0.4, 0.5) is 17.5 Å². The smallest absolute Gasteiger partial charge is 0.254 e. The molecule has 1 amide bonds. The summed E-state index contributed by atoms with van der Waals surface area (Å²) in [6.45, 7) is 2.86. The second-order valence-corrected chi connectivity index (χ2v) is 8.93. The van der Waals surface area contributed by atoms with Crippen LogP contribution in [0.2, 0.25) is 0 Å². The lowest BCUT2D eigenvalue weighted by atomic mass is 10.0. The van der Waals surface area contributed by atoms with Gasteiger partial charge in [-0.15, -0.1) is 0 Å². The number of anilines is 3. The Hall–Kier alpha value is -4.15. The number of methoxy groups -OCH3 is 1. The number of aromatic nitrogens is 3. The molecule has 37 heavy (non-hydrogen) atoms. The Morgan fingerprint density at radius 2 is 1.92 bits per heavy atom. The van der Waals surface area contributed by atoms with Gasteiger partial charge in [-0.1, -0.05) is 30.3 Å². The van der Waals surface area contributed by atoms with Gasteiger partial charge in [-0.05, 0) is 29.8 Å². The van der Waals surface area contributed by atoms with Crippen molar-refractivity contribution in [3.8, 4) is 5.75 Å². The fourth-order valence-corrected chi connectivity index (χ4v) is 4.80. The van der Waals surface area contributed by atoms with Gasteiger partial charge < -0.3 is 24.7 Å². The number of amides is 1. The van der Waals surface area contributed by atoms with E-state index in [4.69, 9.17) is 19.3 Å². The molecule has 190 valence electrons. The Bertz CT molecular complexity index is 1400. The molecule has 0 radical (unpaired) electrons. The van der Waals surface area contributed by atoms with E-state index in [-0.39, 0.29) is 11.9 Å². The highest BCUT2D eigenvalue weighted by atomic mass is 16.7. The molecule has 2 aliphatic rings. The molecule has 2 aromatic heterocycles. The molecule has 2 saturated heterocycles. The maximum atomic E-state index is 12.9. The summed E-state index contributed by atoms with van der Waals surface area (Å²) in [6.07, 6.45) is 2.70. The molecule has 4 heterocycles. The van der Waals surface area contributed by atoms with Crippen LogP contribution in [0.3, 0.4) is 0 Å². The van der Waals surface area contributed by atoms with Crippen LogP contribution in [-0.2, 0) is 9.57 Å². The largest absolute Gasteiger partial charge is 0.495 e. The van der Waals surface area contributed by atoms with Gasteiger partial charge in [0, 0.05) is 31.3 Å². The molecular weight excluding hydrogens is 472 g/mol. The van der Waals surface area contributed by atoms with Crippen molar-refractivity contribution < 1.29 is 19.1 Å². The van der Waals surface area contributed by atoms with Crippen LogP contribution in [0.25, 0.3) is 11.0 Å². The van der Waals surface area contributed by atoms with Gasteiger partial charge >= 0.3 is 0 Å². The third kappa shape index (κ3) is 4.56. The molecule has 6 rings (SSSR count). The molecule has 10 nitrogen and oxygen atoms in total. The van der Waals surface area contributed by atoms with Gasteiger partial charge in [0.05, 0.1) is 44.0 Å². The van der Waals surface area contributed by atoms with Crippen LogP contribution in [-0.4, -0.2) is 65.8 Å². The second-order valence-electron chi connectivity index (χ2n) is 8.93. The van der Waals surface area contributed by atoms with Gasteiger partial charge in [-0.3, -0.25) is 9.63 Å². The summed E-state index contributed by atoms with van der Waals surface area (Å²) in [5, 5.41) is 6.02. The normalized spacial score (nSPS) is 17.8. The number of rotatable bonds is 6. The Balaban J connectivity index is 1.31. The van der Waals surface area contributed by atoms with Gasteiger partial charge in [0.2, 0.25) is 5.95 Å². The molecule has 0 aliphatic carbocycles. The molecule has 10 heteroatoms. The SMILES string of the molecule is COc1cc(C(=O)N2CCOCC2)ccc1Nc1nc(N2OCC[C@H]2c2ccccc2)c2cc[nH]c2n1. The zero-order chi connectivity index (χ0) is 25.2. The fourth-order valence-electron chi connectivity index (χ4n) is 4.80. The van der Waals surface area contributed by atoms with Crippen LogP contribution < -0.4 is 15.1 Å². The quantitative estimate of drug-likeness (QED) is 0.408. The molecule has 2 aromatic carbocycles. The van der Waals surface area contributed by atoms with Gasteiger partial charge in [0.25, 0.3) is 5.91 Å². The Morgan fingerprint density at radius 1 is 1.08 bits per heavy atom. The Labute approximate surface area is 214 Å². The molecular formula is C27H28N6O4. The minimum atomic E-state index is -0.0439. The van der Waals surface area contributed by atoms with Crippen LogP contribution in [0.1, 0.15) is 28.4 Å². The van der Waals surface area contributed by atoms with Crippen LogP contribution >= 0.6 is 0 Å². The first-order valence-corrected chi connectivity index (χ1v) is 12.4. The first-order valence-electron chi connectivity index (χ1n) is 12.4. The molecule has 0 bridgehead atoms. The number of fused-ring (bicyclic) bond motifs is 1. The van der Waals surface area contributed by atoms with E-state index >= 15 is 0 Å². The molecule has 0 unspecified atom stereocenters. The molecule has 2 N–H and O–H groups in total. The van der Waals surface area contributed by atoms with E-state index in [0.717, 1.165) is 11.8 Å². The topological polar surface area (TPSA) is 105 Å². The highest BCUT2D eigenvalue weighted by Gasteiger charge is 2.31. The zero-order valence-electron chi connectivity index (χ0n) is 20.5. The van der Waals surface area contributed by atoms with Crippen molar-refractivity contribution >= 4 is 34.4 Å². The van der Waals surface area contributed by atoms with E-state index in [0.29, 0.717) is 67.3 Å². The van der Waals surface area contributed by atoms with Crippen molar-refractivity contribution in [3.63, 3.8) is 0 Å². The Kier molecular flexibility index (Phi) is 6.33. The van der Waals surface area contributed by atoms with Crippen LogP contribution in [0.15, 0.2) is 60.8 Å². The number of hydroxylamine groups is 1. The van der Waals surface area contributed by atoms with E-state index in [1.165, 1.54) is 5.56 Å². The van der Waals surface area contributed by atoms with E-state index in [9.17, 15) is 4.79 Å². The average Bonchev–Trinajstić information content (AvgIpc) is 3.63. The minimum absolute atomic E-state index is 0.0436. The first-order chi connectivity index (χ1) is 18.2. The van der Waals surface area contributed by atoms with Gasteiger partial charge in [0.15, 0.2) is 5.82 Å². The number of ether oxygens (including phenoxy) is 2. The maximum absolute atomic E-state index is 12.9. The molecule has 0 spiro atoms. The van der Waals surface area contributed by atoms with E-state index in [2.05, 4.69) is 27.4 Å². The van der Waals surface area contributed by atoms with Gasteiger partial charge in [-0.2, -0.15) is 9.97 Å². The predicted octanol–water partition coefficient (Wildman–Crippen LogP) is 4.07. The third-order valence-electron chi connectivity index (χ3n) is 6.69. The average molecular weight is 501 g/mol. The lowest BCUT2D eigenvalue weighted by Crippen LogP contribution is -2.40. The second kappa shape index (κ2) is 10.1. The molecule has 1 atom stereocenters. The van der Waals surface area contributed by atoms with Crippen molar-refractivity contribution in [1.82, 2.24) is 19.9 Å². The number of morpholine rings is 1. The third-order valence-corrected chi connectivity index (χ3v) is 6.69. The van der Waals surface area contributed by atoms with Crippen molar-refractivity contribution in [2.24, 2.45) is 0 Å². The maximum Gasteiger partial charge on any atom is 0.254 e. The standard InChI is InChI=1S/C27H28N6O4/c1-35-23-17-19(26(34)32-12-15-36-16-13-32)7-8-21(23)29-27-30-24-20(9-11-28-24)25(31-27)33-22(10-14-37-33)18-5-3-2-4-6-18/h2-9,11,17,22H,10,12-16H2,1H3,(H2,28,29,30,31)/t22-/m0/s1. The number of H-pyrrole nitrogens is 1. The number of hydrogen-bond acceptors (Lipinski definition) is 8. The zero-order valence-corrected chi connectivity index (χ0v) is 20.5. The Morgan fingerprint density at radius 3 is 2.73 bits per heavy atom. The summed E-state index contributed by atoms with van der Waals surface area (Å²) < 4.78 is 11.0. The number of nitrogens with one attached hydrogen (secondary N) is 2. The summed E-state index contributed by atoms with van der Waals surface area (Å²) in [5.74, 6) is 1.55. The summed E-state index contributed by atoms with van der Waals surface area (Å²) in [7, 11) is 1.58. The van der Waals surface area contributed by atoms with E-state index in [1.54, 1.807) is 24.1 Å². The number of nitrogens with zero attached hydrogens (tertiary/aromatic N) is 4. The van der Waals surface area contributed by atoms with Crippen molar-refractivity contribution in [2.75, 3.05) is 50.4 Å². The van der Waals surface area contributed by atoms with E-state index < -0.39 is 0 Å². The fraction of sp³-hybridized carbons (Fsp3) is 0.296. The van der Waals surface area contributed by atoms with Crippen LogP contribution in [0.5, 0.6) is 5.75 Å². The van der Waals surface area contributed by atoms with Crippen molar-refractivity contribution in [2.45, 2.75) is 12.5 Å². The predicted molar refractivity (Wildman–Crippen MR) is 139 cm³/mol. The molecule has 4 aromatic rings. The van der Waals surface area contributed by atoms with Crippen molar-refractivity contribution in [3.05, 3.63) is 71.9 Å². The summed E-state index contributed by atoms with van der Waals surface area (Å²) in [5.41, 5.74) is 3.06. The van der Waals surface area contributed by atoms with Gasteiger partial charge in [-0.25, -0.2) is 5.06 Å². The number of hydrogen-bond donors (Lipinski definition) is 2. The summed E-state index contributed by atoms with van der Waals surface area (Å²) in [4.78, 5) is 33.5. The lowest BCUT2D eigenvalue weighted by molar-refractivity contribution is 0.0302.